The van der Waals surface area contributed by atoms with Crippen molar-refractivity contribution in [1.82, 2.24) is 25.0 Å². The second kappa shape index (κ2) is 10.2. The van der Waals surface area contributed by atoms with Crippen LogP contribution in [0.5, 0.6) is 0 Å². The summed E-state index contributed by atoms with van der Waals surface area (Å²) in [5, 5.41) is 7.18. The highest BCUT2D eigenvalue weighted by molar-refractivity contribution is 6.00. The van der Waals surface area contributed by atoms with E-state index in [0.717, 1.165) is 23.2 Å². The van der Waals surface area contributed by atoms with Gasteiger partial charge < -0.3 is 14.4 Å². The van der Waals surface area contributed by atoms with Crippen molar-refractivity contribution in [2.75, 3.05) is 0 Å². The van der Waals surface area contributed by atoms with E-state index < -0.39 is 0 Å². The Morgan fingerprint density at radius 2 is 1.68 bits per heavy atom. The number of benzene rings is 3. The zero-order chi connectivity index (χ0) is 25.8. The van der Waals surface area contributed by atoms with Crippen molar-refractivity contribution >= 4 is 5.91 Å². The SMILES string of the molecule is CC(C)(C)c1noc(-c2ccccc2C(=O)NCc2ccccc2-c2ccc(Cn3ccnc3)cc2)n1. The van der Waals surface area contributed by atoms with Crippen molar-refractivity contribution in [1.29, 1.82) is 0 Å². The van der Waals surface area contributed by atoms with Gasteiger partial charge in [-0.1, -0.05) is 86.6 Å². The van der Waals surface area contributed by atoms with E-state index in [9.17, 15) is 4.79 Å². The summed E-state index contributed by atoms with van der Waals surface area (Å²) in [7, 11) is 0. The van der Waals surface area contributed by atoms with E-state index in [0.29, 0.717) is 29.4 Å². The quantitative estimate of drug-likeness (QED) is 0.307. The van der Waals surface area contributed by atoms with Crippen molar-refractivity contribution in [3.63, 3.8) is 0 Å². The van der Waals surface area contributed by atoms with Gasteiger partial charge in [0.05, 0.1) is 17.5 Å². The number of nitrogens with zero attached hydrogens (tertiary/aromatic N) is 4. The van der Waals surface area contributed by atoms with Gasteiger partial charge >= 0.3 is 0 Å². The molecule has 5 aromatic rings. The second-order valence-electron chi connectivity index (χ2n) is 9.99. The van der Waals surface area contributed by atoms with Gasteiger partial charge in [-0.3, -0.25) is 4.79 Å². The first-order valence-corrected chi connectivity index (χ1v) is 12.2. The van der Waals surface area contributed by atoms with Crippen LogP contribution in [0.4, 0.5) is 0 Å². The minimum atomic E-state index is -0.250. The molecule has 0 fully saturated rings. The molecule has 0 unspecified atom stereocenters. The molecular weight excluding hydrogens is 462 g/mol. The maximum absolute atomic E-state index is 13.3. The number of rotatable bonds is 7. The van der Waals surface area contributed by atoms with E-state index in [-0.39, 0.29) is 11.3 Å². The van der Waals surface area contributed by atoms with Gasteiger partial charge in [0, 0.05) is 30.9 Å². The van der Waals surface area contributed by atoms with E-state index in [4.69, 9.17) is 4.52 Å². The zero-order valence-electron chi connectivity index (χ0n) is 21.2. The third kappa shape index (κ3) is 5.51. The van der Waals surface area contributed by atoms with Crippen LogP contribution in [0.2, 0.25) is 0 Å². The maximum Gasteiger partial charge on any atom is 0.258 e. The van der Waals surface area contributed by atoms with Crippen molar-refractivity contribution in [2.24, 2.45) is 0 Å². The molecule has 2 aromatic heterocycles. The minimum Gasteiger partial charge on any atom is -0.348 e. The fourth-order valence-corrected chi connectivity index (χ4v) is 4.11. The molecule has 0 bridgehead atoms. The third-order valence-corrected chi connectivity index (χ3v) is 6.14. The first kappa shape index (κ1) is 24.2. The fraction of sp³-hybridized carbons (Fsp3) is 0.200. The lowest BCUT2D eigenvalue weighted by molar-refractivity contribution is 0.0951. The summed E-state index contributed by atoms with van der Waals surface area (Å²) in [6.07, 6.45) is 5.54. The number of nitrogens with one attached hydrogen (secondary N) is 1. The first-order valence-electron chi connectivity index (χ1n) is 12.2. The number of hydrogen-bond donors (Lipinski definition) is 1. The Morgan fingerprint density at radius 1 is 0.946 bits per heavy atom. The summed E-state index contributed by atoms with van der Waals surface area (Å²) in [6, 6.07) is 23.9. The summed E-state index contributed by atoms with van der Waals surface area (Å²) in [5.41, 5.74) is 5.26. The third-order valence-electron chi connectivity index (χ3n) is 6.14. The number of amides is 1. The van der Waals surface area contributed by atoms with Crippen LogP contribution in [0.25, 0.3) is 22.6 Å². The normalized spacial score (nSPS) is 11.4. The molecule has 0 atom stereocenters. The van der Waals surface area contributed by atoms with Crippen LogP contribution >= 0.6 is 0 Å². The van der Waals surface area contributed by atoms with Gasteiger partial charge in [-0.25, -0.2) is 4.98 Å². The maximum atomic E-state index is 13.3. The predicted molar refractivity (Wildman–Crippen MR) is 143 cm³/mol. The number of hydrogen-bond acceptors (Lipinski definition) is 5. The predicted octanol–water partition coefficient (Wildman–Crippen LogP) is 5.88. The van der Waals surface area contributed by atoms with Crippen LogP contribution in [0, 0.1) is 0 Å². The molecule has 0 saturated carbocycles. The molecule has 37 heavy (non-hydrogen) atoms. The molecule has 0 radical (unpaired) electrons. The molecule has 5 rings (SSSR count). The summed E-state index contributed by atoms with van der Waals surface area (Å²) < 4.78 is 7.54. The van der Waals surface area contributed by atoms with Gasteiger partial charge in [-0.2, -0.15) is 4.98 Å². The molecule has 1 amide bonds. The molecule has 1 N–H and O–H groups in total. The van der Waals surface area contributed by atoms with Gasteiger partial charge in [0.2, 0.25) is 0 Å². The molecule has 0 aliphatic rings. The van der Waals surface area contributed by atoms with Gasteiger partial charge in [-0.15, -0.1) is 0 Å². The van der Waals surface area contributed by atoms with Crippen LogP contribution < -0.4 is 5.32 Å². The fourth-order valence-electron chi connectivity index (χ4n) is 4.11. The monoisotopic (exact) mass is 491 g/mol. The zero-order valence-corrected chi connectivity index (χ0v) is 21.2. The van der Waals surface area contributed by atoms with Crippen molar-refractivity contribution in [3.8, 4) is 22.6 Å². The average Bonchev–Trinajstić information content (AvgIpc) is 3.61. The van der Waals surface area contributed by atoms with E-state index in [1.54, 1.807) is 12.3 Å². The molecule has 7 heteroatoms. The molecule has 0 spiro atoms. The van der Waals surface area contributed by atoms with Crippen LogP contribution in [0.1, 0.15) is 48.1 Å². The van der Waals surface area contributed by atoms with E-state index in [1.165, 1.54) is 5.56 Å². The largest absolute Gasteiger partial charge is 0.348 e. The molecule has 3 aromatic carbocycles. The van der Waals surface area contributed by atoms with Crippen LogP contribution in [0.15, 0.2) is 96.0 Å². The van der Waals surface area contributed by atoms with Crippen molar-refractivity contribution < 1.29 is 9.32 Å². The first-order chi connectivity index (χ1) is 17.9. The molecular formula is C30H29N5O2. The lowest BCUT2D eigenvalue weighted by Gasteiger charge is -2.13. The molecule has 0 aliphatic heterocycles. The van der Waals surface area contributed by atoms with Gasteiger partial charge in [0.25, 0.3) is 11.8 Å². The van der Waals surface area contributed by atoms with Crippen LogP contribution in [-0.4, -0.2) is 25.6 Å². The number of carbonyl (C=O) groups is 1. The second-order valence-corrected chi connectivity index (χ2v) is 9.99. The van der Waals surface area contributed by atoms with E-state index in [1.807, 2.05) is 74.3 Å². The van der Waals surface area contributed by atoms with Gasteiger partial charge in [0.1, 0.15) is 0 Å². The molecule has 0 aliphatic carbocycles. The highest BCUT2D eigenvalue weighted by Crippen LogP contribution is 2.27. The Balaban J connectivity index is 1.33. The average molecular weight is 492 g/mol. The Hall–Kier alpha value is -4.52. The number of carbonyl (C=O) groups excluding carboxylic acids is 1. The van der Waals surface area contributed by atoms with E-state index in [2.05, 4.69) is 50.8 Å². The van der Waals surface area contributed by atoms with E-state index >= 15 is 0 Å². The molecule has 0 saturated heterocycles. The number of aromatic nitrogens is 4. The highest BCUT2D eigenvalue weighted by Gasteiger charge is 2.23. The highest BCUT2D eigenvalue weighted by atomic mass is 16.5. The Kier molecular flexibility index (Phi) is 6.68. The number of imidazole rings is 1. The van der Waals surface area contributed by atoms with Gasteiger partial charge in [0.15, 0.2) is 5.82 Å². The summed E-state index contributed by atoms with van der Waals surface area (Å²) in [6.45, 7) is 7.22. The minimum absolute atomic E-state index is 0.198. The van der Waals surface area contributed by atoms with Crippen LogP contribution in [0.3, 0.4) is 0 Å². The summed E-state index contributed by atoms with van der Waals surface area (Å²) in [5.74, 6) is 0.742. The lowest BCUT2D eigenvalue weighted by atomic mass is 9.96. The topological polar surface area (TPSA) is 85.8 Å². The standard InChI is InChI=1S/C30H29N5O2/c1-30(2,3)29-33-28(37-34-29)26-11-7-6-10-25(26)27(36)32-18-23-8-4-5-9-24(23)22-14-12-21(13-15-22)19-35-17-16-31-20-35/h4-17,20H,18-19H2,1-3H3,(H,32,36). The Morgan fingerprint density at radius 3 is 2.38 bits per heavy atom. The smallest absolute Gasteiger partial charge is 0.258 e. The molecule has 7 nitrogen and oxygen atoms in total. The Labute approximate surface area is 216 Å². The van der Waals surface area contributed by atoms with Crippen molar-refractivity contribution in [3.05, 3.63) is 114 Å². The Bertz CT molecular complexity index is 1500. The molecule has 186 valence electrons. The summed E-state index contributed by atoms with van der Waals surface area (Å²) in [4.78, 5) is 21.9. The van der Waals surface area contributed by atoms with Gasteiger partial charge in [-0.05, 0) is 34.4 Å². The van der Waals surface area contributed by atoms with Crippen LogP contribution in [-0.2, 0) is 18.5 Å². The van der Waals surface area contributed by atoms with Crippen molar-refractivity contribution in [2.45, 2.75) is 39.3 Å². The molecule has 2 heterocycles. The summed E-state index contributed by atoms with van der Waals surface area (Å²) >= 11 is 0. The lowest BCUT2D eigenvalue weighted by Crippen LogP contribution is -2.23.